The third-order valence-corrected chi connectivity index (χ3v) is 5.30. The molecular weight excluding hydrogens is 356 g/mol. The number of benzene rings is 1. The normalized spacial score (nSPS) is 10.9. The zero-order valence-corrected chi connectivity index (χ0v) is 16.0. The van der Waals surface area contributed by atoms with Crippen LogP contribution in [0, 0.1) is 20.8 Å². The van der Waals surface area contributed by atoms with Crippen LogP contribution in [0.5, 0.6) is 5.75 Å². The minimum Gasteiger partial charge on any atom is -0.495 e. The summed E-state index contributed by atoms with van der Waals surface area (Å²) < 4.78 is 6.30. The van der Waals surface area contributed by atoms with E-state index in [1.165, 1.54) is 23.1 Å². The van der Waals surface area contributed by atoms with E-state index in [1.807, 2.05) is 39.0 Å². The number of nitrogens with zero attached hydrogens (tertiary/aromatic N) is 3. The fourth-order valence-electron chi connectivity index (χ4n) is 2.37. The number of thioether (sulfide) groups is 1. The largest absolute Gasteiger partial charge is 0.495 e. The summed E-state index contributed by atoms with van der Waals surface area (Å²) in [5.41, 5.74) is 3.68. The molecule has 0 fully saturated rings. The van der Waals surface area contributed by atoms with Crippen molar-refractivity contribution in [2.75, 3.05) is 18.2 Å². The molecule has 25 heavy (non-hydrogen) atoms. The molecule has 2 aromatic heterocycles. The fraction of sp³-hybridized carbons (Fsp3) is 0.294. The monoisotopic (exact) mass is 374 g/mol. The van der Waals surface area contributed by atoms with Crippen LogP contribution in [-0.4, -0.2) is 33.7 Å². The third-order valence-electron chi connectivity index (χ3n) is 3.47. The summed E-state index contributed by atoms with van der Waals surface area (Å²) in [7, 11) is 1.63. The van der Waals surface area contributed by atoms with Crippen molar-refractivity contribution in [3.63, 3.8) is 0 Å². The Balaban J connectivity index is 1.70. The SMILES string of the molecule is COc1ccc(C)c2nc(NC(=O)CSc3nc(C)cc(C)n3)sc12. The Labute approximate surface area is 154 Å². The van der Waals surface area contributed by atoms with Crippen LogP contribution in [0.2, 0.25) is 0 Å². The molecule has 3 rings (SSSR count). The highest BCUT2D eigenvalue weighted by Crippen LogP contribution is 2.35. The number of aryl methyl sites for hydroxylation is 3. The topological polar surface area (TPSA) is 77.0 Å². The van der Waals surface area contributed by atoms with Gasteiger partial charge in [-0.15, -0.1) is 0 Å². The van der Waals surface area contributed by atoms with Gasteiger partial charge in [-0.05, 0) is 38.5 Å². The molecule has 0 aliphatic rings. The van der Waals surface area contributed by atoms with Gasteiger partial charge >= 0.3 is 0 Å². The first-order chi connectivity index (χ1) is 12.0. The molecule has 0 radical (unpaired) electrons. The zero-order valence-electron chi connectivity index (χ0n) is 14.4. The number of aromatic nitrogens is 3. The van der Waals surface area contributed by atoms with Gasteiger partial charge in [0.2, 0.25) is 5.91 Å². The average molecular weight is 374 g/mol. The smallest absolute Gasteiger partial charge is 0.236 e. The van der Waals surface area contributed by atoms with Gasteiger partial charge in [-0.2, -0.15) is 0 Å². The van der Waals surface area contributed by atoms with Crippen LogP contribution < -0.4 is 10.1 Å². The Bertz CT molecular complexity index is 920. The molecule has 0 aliphatic heterocycles. The van der Waals surface area contributed by atoms with Crippen LogP contribution in [0.3, 0.4) is 0 Å². The highest BCUT2D eigenvalue weighted by atomic mass is 32.2. The molecule has 0 spiro atoms. The number of anilines is 1. The number of hydrogen-bond acceptors (Lipinski definition) is 7. The molecule has 0 atom stereocenters. The minimum absolute atomic E-state index is 0.136. The number of rotatable bonds is 5. The van der Waals surface area contributed by atoms with Crippen molar-refractivity contribution in [2.45, 2.75) is 25.9 Å². The summed E-state index contributed by atoms with van der Waals surface area (Å²) in [4.78, 5) is 25.4. The first kappa shape index (κ1) is 17.6. The first-order valence-electron chi connectivity index (χ1n) is 7.65. The molecular formula is C17H18N4O2S2. The lowest BCUT2D eigenvalue weighted by atomic mass is 10.2. The fourth-order valence-corrected chi connectivity index (χ4v) is 4.17. The van der Waals surface area contributed by atoms with Crippen LogP contribution in [0.25, 0.3) is 10.2 Å². The number of nitrogens with one attached hydrogen (secondary N) is 1. The second-order valence-corrected chi connectivity index (χ2v) is 7.49. The molecule has 0 unspecified atom stereocenters. The van der Waals surface area contributed by atoms with E-state index >= 15 is 0 Å². The van der Waals surface area contributed by atoms with Gasteiger partial charge < -0.3 is 10.1 Å². The number of hydrogen-bond donors (Lipinski definition) is 1. The summed E-state index contributed by atoms with van der Waals surface area (Å²) in [6, 6.07) is 5.77. The molecule has 0 saturated heterocycles. The van der Waals surface area contributed by atoms with Crippen molar-refractivity contribution in [1.82, 2.24) is 15.0 Å². The molecule has 0 aliphatic carbocycles. The number of fused-ring (bicyclic) bond motifs is 1. The Kier molecular flexibility index (Phi) is 5.19. The minimum atomic E-state index is -0.136. The summed E-state index contributed by atoms with van der Waals surface area (Å²) in [5, 5.41) is 4.02. The van der Waals surface area contributed by atoms with E-state index in [0.29, 0.717) is 10.3 Å². The van der Waals surface area contributed by atoms with Gasteiger partial charge in [0, 0.05) is 11.4 Å². The maximum atomic E-state index is 12.2. The van der Waals surface area contributed by atoms with Crippen molar-refractivity contribution in [3.05, 3.63) is 35.2 Å². The van der Waals surface area contributed by atoms with E-state index in [1.54, 1.807) is 7.11 Å². The van der Waals surface area contributed by atoms with Gasteiger partial charge in [0.1, 0.15) is 5.75 Å². The molecule has 1 aromatic carbocycles. The Hall–Kier alpha value is -2.19. The van der Waals surface area contributed by atoms with Gasteiger partial charge in [0.25, 0.3) is 0 Å². The zero-order chi connectivity index (χ0) is 18.0. The van der Waals surface area contributed by atoms with Gasteiger partial charge in [0.15, 0.2) is 10.3 Å². The lowest BCUT2D eigenvalue weighted by Gasteiger charge is -2.03. The number of carbonyl (C=O) groups is 1. The number of ether oxygens (including phenoxy) is 1. The molecule has 3 aromatic rings. The summed E-state index contributed by atoms with van der Waals surface area (Å²) in [6.07, 6.45) is 0. The number of thiazole rings is 1. The number of amides is 1. The van der Waals surface area contributed by atoms with Crippen molar-refractivity contribution < 1.29 is 9.53 Å². The van der Waals surface area contributed by atoms with Gasteiger partial charge in [-0.1, -0.05) is 29.2 Å². The Morgan fingerprint density at radius 2 is 1.92 bits per heavy atom. The van der Waals surface area contributed by atoms with Gasteiger partial charge in [-0.25, -0.2) is 15.0 Å². The molecule has 1 amide bonds. The molecule has 8 heteroatoms. The van der Waals surface area contributed by atoms with Crippen molar-refractivity contribution >= 4 is 44.4 Å². The summed E-state index contributed by atoms with van der Waals surface area (Å²) >= 11 is 2.72. The molecule has 6 nitrogen and oxygen atoms in total. The quantitative estimate of drug-likeness (QED) is 0.541. The van der Waals surface area contributed by atoms with Crippen molar-refractivity contribution in [2.24, 2.45) is 0 Å². The molecule has 0 saturated carbocycles. The molecule has 0 bridgehead atoms. The van der Waals surface area contributed by atoms with Gasteiger partial charge in [0.05, 0.1) is 23.1 Å². The van der Waals surface area contributed by atoms with E-state index in [9.17, 15) is 4.79 Å². The summed E-state index contributed by atoms with van der Waals surface area (Å²) in [6.45, 7) is 5.81. The van der Waals surface area contributed by atoms with Crippen LogP contribution in [-0.2, 0) is 4.79 Å². The van der Waals surface area contributed by atoms with Crippen molar-refractivity contribution in [3.8, 4) is 5.75 Å². The lowest BCUT2D eigenvalue weighted by Crippen LogP contribution is -2.14. The average Bonchev–Trinajstić information content (AvgIpc) is 2.97. The van der Waals surface area contributed by atoms with Crippen molar-refractivity contribution in [1.29, 1.82) is 0 Å². The second-order valence-electron chi connectivity index (χ2n) is 5.55. The highest BCUT2D eigenvalue weighted by Gasteiger charge is 2.13. The molecule has 1 N–H and O–H groups in total. The predicted octanol–water partition coefficient (Wildman–Crippen LogP) is 3.75. The van der Waals surface area contributed by atoms with Crippen LogP contribution in [0.4, 0.5) is 5.13 Å². The summed E-state index contributed by atoms with van der Waals surface area (Å²) in [5.74, 6) is 0.856. The second kappa shape index (κ2) is 7.37. The molecule has 130 valence electrons. The first-order valence-corrected chi connectivity index (χ1v) is 9.45. The number of carbonyl (C=O) groups excluding carboxylic acids is 1. The van der Waals surface area contributed by atoms with Crippen LogP contribution in [0.15, 0.2) is 23.4 Å². The van der Waals surface area contributed by atoms with Gasteiger partial charge in [-0.3, -0.25) is 4.79 Å². The van der Waals surface area contributed by atoms with E-state index in [0.717, 1.165) is 32.9 Å². The molecule has 2 heterocycles. The van der Waals surface area contributed by atoms with Crippen LogP contribution in [0.1, 0.15) is 17.0 Å². The van der Waals surface area contributed by atoms with E-state index in [-0.39, 0.29) is 11.7 Å². The Morgan fingerprint density at radius 1 is 1.20 bits per heavy atom. The van der Waals surface area contributed by atoms with E-state index < -0.39 is 0 Å². The number of methoxy groups -OCH3 is 1. The van der Waals surface area contributed by atoms with E-state index in [2.05, 4.69) is 20.3 Å². The van der Waals surface area contributed by atoms with Crippen LogP contribution >= 0.6 is 23.1 Å². The predicted molar refractivity (Wildman–Crippen MR) is 102 cm³/mol. The third kappa shape index (κ3) is 4.08. The van der Waals surface area contributed by atoms with E-state index in [4.69, 9.17) is 4.74 Å². The lowest BCUT2D eigenvalue weighted by molar-refractivity contribution is -0.113. The maximum absolute atomic E-state index is 12.2. The maximum Gasteiger partial charge on any atom is 0.236 e. The standard InChI is InChI=1S/C17H18N4O2S2/c1-9-5-6-12(23-4)15-14(9)21-17(25-15)20-13(22)8-24-16-18-10(2)7-11(3)19-16/h5-7H,8H2,1-4H3,(H,20,21,22). The highest BCUT2D eigenvalue weighted by molar-refractivity contribution is 7.99. The Morgan fingerprint density at radius 3 is 2.60 bits per heavy atom.